The molecule has 2 fully saturated rings. The molecule has 7 rings (SSSR count). The summed E-state index contributed by atoms with van der Waals surface area (Å²) in [6.07, 6.45) is 4.03. The summed E-state index contributed by atoms with van der Waals surface area (Å²) < 4.78 is 5.52. The largest absolute Gasteiger partial charge is 0.504 e. The van der Waals surface area contributed by atoms with Crippen LogP contribution in [-0.4, -0.2) is 46.0 Å². The number of benzene rings is 3. The Morgan fingerprint density at radius 1 is 0.848 bits per heavy atom. The standard InChI is InChI=1S/C39H37NO6/c1-38(2,3)40-36(44)25-19-18-24-28(32(25)37(40)45)20-29-34(42)27(22-12-7-5-8-13-22)21-31(41)39(29,23-14-9-6-10-15-23)33(24)26-16-11-17-30(46-4)35(26)43/h5-18,21,25,28-29,32-33,43H,19-20H2,1-4H3/t25-,28+,29-,32-,33+,39-/m0/s1. The minimum Gasteiger partial charge on any atom is -0.504 e. The highest BCUT2D eigenvalue weighted by Gasteiger charge is 2.66. The van der Waals surface area contributed by atoms with Gasteiger partial charge < -0.3 is 9.84 Å². The van der Waals surface area contributed by atoms with Gasteiger partial charge in [-0.05, 0) is 62.8 Å². The monoisotopic (exact) mass is 615 g/mol. The lowest BCUT2D eigenvalue weighted by Crippen LogP contribution is -2.59. The fraction of sp³-hybridized carbons (Fsp3) is 0.333. The zero-order valence-electron chi connectivity index (χ0n) is 26.4. The van der Waals surface area contributed by atoms with Crippen molar-refractivity contribution in [1.82, 2.24) is 4.90 Å². The number of fused-ring (bicyclic) bond motifs is 4. The van der Waals surface area contributed by atoms with Crippen molar-refractivity contribution in [1.29, 1.82) is 0 Å². The highest BCUT2D eigenvalue weighted by Crippen LogP contribution is 2.65. The van der Waals surface area contributed by atoms with Crippen LogP contribution in [0.5, 0.6) is 11.5 Å². The number of nitrogens with zero attached hydrogens (tertiary/aromatic N) is 1. The van der Waals surface area contributed by atoms with E-state index in [1.54, 1.807) is 18.2 Å². The Bertz CT molecular complexity index is 1830. The summed E-state index contributed by atoms with van der Waals surface area (Å²) in [4.78, 5) is 59.4. The van der Waals surface area contributed by atoms with Crippen molar-refractivity contribution < 1.29 is 29.0 Å². The second-order valence-electron chi connectivity index (χ2n) is 13.9. The van der Waals surface area contributed by atoms with Gasteiger partial charge >= 0.3 is 0 Å². The number of aromatic hydroxyl groups is 1. The number of para-hydroxylation sites is 1. The molecule has 1 N–H and O–H groups in total. The van der Waals surface area contributed by atoms with E-state index >= 15 is 4.79 Å². The van der Waals surface area contributed by atoms with Gasteiger partial charge in [-0.15, -0.1) is 0 Å². The Labute approximate surface area is 268 Å². The van der Waals surface area contributed by atoms with Gasteiger partial charge in [0.25, 0.3) is 0 Å². The number of imide groups is 1. The summed E-state index contributed by atoms with van der Waals surface area (Å²) >= 11 is 0. The third-order valence-electron chi connectivity index (χ3n) is 10.6. The molecule has 7 heteroatoms. The second kappa shape index (κ2) is 10.6. The van der Waals surface area contributed by atoms with Crippen LogP contribution in [-0.2, 0) is 24.6 Å². The van der Waals surface area contributed by atoms with Gasteiger partial charge in [-0.25, -0.2) is 0 Å². The Balaban J connectivity index is 1.52. The Hall–Kier alpha value is -4.78. The molecule has 0 radical (unpaired) electrons. The summed E-state index contributed by atoms with van der Waals surface area (Å²) in [6.45, 7) is 5.56. The number of ether oxygens (including phenoxy) is 1. The second-order valence-corrected chi connectivity index (χ2v) is 13.9. The SMILES string of the molecule is COc1cccc([C@H]2C3=CC[C@@H]4C(=O)N(C(C)(C)C)C(=O)[C@@H]4[C@@H]3C[C@H]3C(=O)C(c4ccccc4)=CC(=O)[C@@]23c2ccccc2)c1O. The van der Waals surface area contributed by atoms with Crippen molar-refractivity contribution in [3.8, 4) is 11.5 Å². The number of hydrogen-bond acceptors (Lipinski definition) is 6. The van der Waals surface area contributed by atoms with Gasteiger partial charge in [0.15, 0.2) is 23.1 Å². The van der Waals surface area contributed by atoms with Gasteiger partial charge in [0.1, 0.15) is 0 Å². The molecule has 7 nitrogen and oxygen atoms in total. The topological polar surface area (TPSA) is 101 Å². The van der Waals surface area contributed by atoms with Gasteiger partial charge in [0, 0.05) is 28.5 Å². The third kappa shape index (κ3) is 4.10. The lowest BCUT2D eigenvalue weighted by molar-refractivity contribution is -0.145. The van der Waals surface area contributed by atoms with Crippen LogP contribution in [0.3, 0.4) is 0 Å². The number of allylic oxidation sites excluding steroid dienone is 4. The average Bonchev–Trinajstić information content (AvgIpc) is 3.32. The highest BCUT2D eigenvalue weighted by molar-refractivity contribution is 6.31. The molecule has 1 saturated heterocycles. The molecule has 3 aliphatic carbocycles. The number of hydrogen-bond donors (Lipinski definition) is 1. The first-order chi connectivity index (χ1) is 22.0. The fourth-order valence-electron chi connectivity index (χ4n) is 8.82. The summed E-state index contributed by atoms with van der Waals surface area (Å²) in [5.41, 5.74) is 0.784. The summed E-state index contributed by atoms with van der Waals surface area (Å²) in [5.74, 6) is -4.13. The lowest BCUT2D eigenvalue weighted by atomic mass is 9.44. The summed E-state index contributed by atoms with van der Waals surface area (Å²) in [6, 6.07) is 23.7. The van der Waals surface area contributed by atoms with Crippen LogP contribution in [0.1, 0.15) is 56.2 Å². The minimum absolute atomic E-state index is 0.115. The minimum atomic E-state index is -1.41. The van der Waals surface area contributed by atoms with Crippen LogP contribution in [0.2, 0.25) is 0 Å². The number of likely N-dealkylation sites (tertiary alicyclic amines) is 1. The van der Waals surface area contributed by atoms with Crippen LogP contribution in [0.15, 0.2) is 96.6 Å². The fourth-order valence-corrected chi connectivity index (χ4v) is 8.82. The Kier molecular flexibility index (Phi) is 6.92. The molecule has 1 saturated carbocycles. The zero-order valence-corrected chi connectivity index (χ0v) is 26.4. The molecule has 1 heterocycles. The number of methoxy groups -OCH3 is 1. The molecule has 3 aromatic carbocycles. The number of ketones is 2. The van der Waals surface area contributed by atoms with Crippen molar-refractivity contribution in [3.63, 3.8) is 0 Å². The number of carbonyl (C=O) groups excluding carboxylic acids is 4. The van der Waals surface area contributed by atoms with Crippen LogP contribution in [0.4, 0.5) is 0 Å². The smallest absolute Gasteiger partial charge is 0.234 e. The first-order valence-corrected chi connectivity index (χ1v) is 15.9. The first kappa shape index (κ1) is 29.9. The van der Waals surface area contributed by atoms with Gasteiger partial charge in [0.2, 0.25) is 11.8 Å². The van der Waals surface area contributed by atoms with Gasteiger partial charge in [-0.1, -0.05) is 84.4 Å². The van der Waals surface area contributed by atoms with E-state index in [2.05, 4.69) is 0 Å². The van der Waals surface area contributed by atoms with Crippen molar-refractivity contribution in [2.45, 2.75) is 50.5 Å². The molecule has 0 bridgehead atoms. The molecular weight excluding hydrogens is 578 g/mol. The highest BCUT2D eigenvalue weighted by atomic mass is 16.5. The number of rotatable bonds is 4. The van der Waals surface area contributed by atoms with Gasteiger partial charge in [-0.2, -0.15) is 0 Å². The number of phenolic OH excluding ortho intramolecular Hbond substituents is 1. The number of amides is 2. The molecule has 1 aliphatic heterocycles. The van der Waals surface area contributed by atoms with Gasteiger partial charge in [0.05, 0.1) is 24.4 Å². The quantitative estimate of drug-likeness (QED) is 0.285. The number of Topliss-reactive ketones (excluding diaryl/α,β-unsaturated/α-hetero) is 1. The van der Waals surface area contributed by atoms with Crippen LogP contribution in [0, 0.1) is 23.7 Å². The molecule has 4 aliphatic rings. The maximum Gasteiger partial charge on any atom is 0.234 e. The number of carbonyl (C=O) groups is 4. The van der Waals surface area contributed by atoms with Crippen LogP contribution < -0.4 is 4.74 Å². The van der Waals surface area contributed by atoms with Crippen LogP contribution in [0.25, 0.3) is 5.57 Å². The van der Waals surface area contributed by atoms with Crippen molar-refractivity contribution in [3.05, 3.63) is 113 Å². The molecular formula is C39H37NO6. The molecule has 46 heavy (non-hydrogen) atoms. The first-order valence-electron chi connectivity index (χ1n) is 15.9. The van der Waals surface area contributed by atoms with E-state index in [1.807, 2.05) is 87.5 Å². The molecule has 0 unspecified atom stereocenters. The van der Waals surface area contributed by atoms with E-state index in [0.717, 1.165) is 5.57 Å². The van der Waals surface area contributed by atoms with Crippen molar-refractivity contribution >= 4 is 29.0 Å². The Morgan fingerprint density at radius 3 is 2.17 bits per heavy atom. The molecule has 3 aromatic rings. The molecule has 234 valence electrons. The van der Waals surface area contributed by atoms with Crippen molar-refractivity contribution in [2.24, 2.45) is 23.7 Å². The van der Waals surface area contributed by atoms with E-state index in [4.69, 9.17) is 4.74 Å². The normalized spacial score (nSPS) is 29.0. The van der Waals surface area contributed by atoms with E-state index in [-0.39, 0.29) is 41.3 Å². The third-order valence-corrected chi connectivity index (χ3v) is 10.6. The maximum atomic E-state index is 15.0. The Morgan fingerprint density at radius 2 is 1.52 bits per heavy atom. The molecule has 2 amide bonds. The van der Waals surface area contributed by atoms with E-state index < -0.39 is 40.5 Å². The summed E-state index contributed by atoms with van der Waals surface area (Å²) in [5, 5.41) is 11.7. The molecule has 0 aromatic heterocycles. The van der Waals surface area contributed by atoms with Crippen molar-refractivity contribution in [2.75, 3.05) is 7.11 Å². The molecule has 6 atom stereocenters. The summed E-state index contributed by atoms with van der Waals surface area (Å²) in [7, 11) is 1.47. The predicted molar refractivity (Wildman–Crippen MR) is 173 cm³/mol. The van der Waals surface area contributed by atoms with Crippen LogP contribution >= 0.6 is 0 Å². The molecule has 0 spiro atoms. The average molecular weight is 616 g/mol. The van der Waals surface area contributed by atoms with E-state index in [1.165, 1.54) is 18.1 Å². The number of phenols is 1. The predicted octanol–water partition coefficient (Wildman–Crippen LogP) is 6.02. The van der Waals surface area contributed by atoms with E-state index in [0.29, 0.717) is 28.7 Å². The lowest BCUT2D eigenvalue weighted by Gasteiger charge is -2.55. The zero-order chi connectivity index (χ0) is 32.5. The maximum absolute atomic E-state index is 15.0. The van der Waals surface area contributed by atoms with Gasteiger partial charge in [-0.3, -0.25) is 24.1 Å². The van der Waals surface area contributed by atoms with E-state index in [9.17, 15) is 19.5 Å².